The zero-order chi connectivity index (χ0) is 13.9. The number of carbonyl (C=O) groups excluding carboxylic acids is 1. The van der Waals surface area contributed by atoms with Crippen molar-refractivity contribution in [1.29, 1.82) is 0 Å². The quantitative estimate of drug-likeness (QED) is 0.716. The van der Waals surface area contributed by atoms with Crippen LogP contribution in [-0.2, 0) is 12.8 Å². The number of aryl methyl sites for hydroxylation is 1. The third-order valence-electron chi connectivity index (χ3n) is 4.07. The van der Waals surface area contributed by atoms with E-state index in [9.17, 15) is 4.79 Å². The van der Waals surface area contributed by atoms with E-state index in [2.05, 4.69) is 37.3 Å². The highest BCUT2D eigenvalue weighted by Gasteiger charge is 2.21. The maximum atomic E-state index is 11.1. The van der Waals surface area contributed by atoms with Gasteiger partial charge in [0.2, 0.25) is 0 Å². The second kappa shape index (κ2) is 5.62. The molecule has 0 aliphatic heterocycles. The average molecular weight is 264 g/mol. The minimum Gasteiger partial charge on any atom is -0.298 e. The SMILES string of the molecule is CCc1ccc(-c2cc(C=O)cc(CC3CC3)c2)cc1. The van der Waals surface area contributed by atoms with Crippen LogP contribution in [0.15, 0.2) is 42.5 Å². The molecule has 1 nitrogen and oxygen atoms in total. The summed E-state index contributed by atoms with van der Waals surface area (Å²) in [6.07, 6.45) is 5.81. The van der Waals surface area contributed by atoms with E-state index in [1.165, 1.54) is 29.5 Å². The largest absolute Gasteiger partial charge is 0.298 e. The van der Waals surface area contributed by atoms with Crippen LogP contribution in [0, 0.1) is 5.92 Å². The highest BCUT2D eigenvalue weighted by atomic mass is 16.1. The Bertz CT molecular complexity index is 606. The highest BCUT2D eigenvalue weighted by Crippen LogP contribution is 2.34. The molecule has 0 heterocycles. The number of hydrogen-bond acceptors (Lipinski definition) is 1. The van der Waals surface area contributed by atoms with E-state index in [-0.39, 0.29) is 0 Å². The molecule has 0 N–H and O–H groups in total. The van der Waals surface area contributed by atoms with Crippen molar-refractivity contribution >= 4 is 6.29 Å². The van der Waals surface area contributed by atoms with E-state index in [4.69, 9.17) is 0 Å². The molecule has 0 unspecified atom stereocenters. The van der Waals surface area contributed by atoms with Crippen molar-refractivity contribution in [3.05, 3.63) is 59.2 Å². The molecule has 3 rings (SSSR count). The van der Waals surface area contributed by atoms with Gasteiger partial charge in [0.05, 0.1) is 0 Å². The molecular weight excluding hydrogens is 244 g/mol. The molecular formula is C19H20O. The van der Waals surface area contributed by atoms with Crippen LogP contribution in [0.2, 0.25) is 0 Å². The first-order valence-electron chi connectivity index (χ1n) is 7.47. The Labute approximate surface area is 120 Å². The average Bonchev–Trinajstić information content (AvgIpc) is 3.31. The van der Waals surface area contributed by atoms with Gasteiger partial charge in [0.25, 0.3) is 0 Å². The molecule has 1 saturated carbocycles. The first-order chi connectivity index (χ1) is 9.78. The normalized spacial score (nSPS) is 14.2. The van der Waals surface area contributed by atoms with Crippen LogP contribution in [0.25, 0.3) is 11.1 Å². The van der Waals surface area contributed by atoms with Crippen molar-refractivity contribution in [2.45, 2.75) is 32.6 Å². The maximum Gasteiger partial charge on any atom is 0.150 e. The van der Waals surface area contributed by atoms with E-state index in [1.54, 1.807) is 0 Å². The highest BCUT2D eigenvalue weighted by molar-refractivity contribution is 5.79. The molecule has 1 aliphatic carbocycles. The lowest BCUT2D eigenvalue weighted by molar-refractivity contribution is 0.112. The van der Waals surface area contributed by atoms with E-state index in [0.29, 0.717) is 0 Å². The van der Waals surface area contributed by atoms with Crippen molar-refractivity contribution in [3.8, 4) is 11.1 Å². The van der Waals surface area contributed by atoms with Crippen LogP contribution >= 0.6 is 0 Å². The van der Waals surface area contributed by atoms with Gasteiger partial charge < -0.3 is 0 Å². The molecule has 20 heavy (non-hydrogen) atoms. The van der Waals surface area contributed by atoms with Crippen LogP contribution in [0.5, 0.6) is 0 Å². The van der Waals surface area contributed by atoms with E-state index in [0.717, 1.165) is 36.2 Å². The zero-order valence-corrected chi connectivity index (χ0v) is 11.9. The lowest BCUT2D eigenvalue weighted by atomic mass is 9.97. The second-order valence-electron chi connectivity index (χ2n) is 5.78. The van der Waals surface area contributed by atoms with Crippen LogP contribution in [0.3, 0.4) is 0 Å². The minimum atomic E-state index is 0.790. The standard InChI is InChI=1S/C19H20O/c1-2-14-5-7-18(8-6-14)19-11-16(9-15-3-4-15)10-17(12-19)13-20/h5-8,10-13,15H,2-4,9H2,1H3. The van der Waals surface area contributed by atoms with Gasteiger partial charge >= 0.3 is 0 Å². The molecule has 2 aromatic rings. The Hall–Kier alpha value is -1.89. The van der Waals surface area contributed by atoms with Crippen molar-refractivity contribution < 1.29 is 4.79 Å². The Morgan fingerprint density at radius 2 is 1.75 bits per heavy atom. The topological polar surface area (TPSA) is 17.1 Å². The Kier molecular flexibility index (Phi) is 3.68. The van der Waals surface area contributed by atoms with Crippen LogP contribution in [0.1, 0.15) is 41.3 Å². The van der Waals surface area contributed by atoms with Gasteiger partial charge in [0.1, 0.15) is 6.29 Å². The molecule has 0 radical (unpaired) electrons. The fourth-order valence-corrected chi connectivity index (χ4v) is 2.66. The molecule has 102 valence electrons. The van der Waals surface area contributed by atoms with Crippen molar-refractivity contribution in [3.63, 3.8) is 0 Å². The Morgan fingerprint density at radius 3 is 2.35 bits per heavy atom. The van der Waals surface area contributed by atoms with Gasteiger partial charge in [-0.2, -0.15) is 0 Å². The molecule has 1 aliphatic rings. The van der Waals surface area contributed by atoms with Crippen LogP contribution in [-0.4, -0.2) is 6.29 Å². The van der Waals surface area contributed by atoms with Gasteiger partial charge in [-0.15, -0.1) is 0 Å². The first kappa shape index (κ1) is 13.1. The summed E-state index contributed by atoms with van der Waals surface area (Å²) in [6, 6.07) is 14.9. The van der Waals surface area contributed by atoms with E-state index < -0.39 is 0 Å². The third-order valence-corrected chi connectivity index (χ3v) is 4.07. The third kappa shape index (κ3) is 2.98. The summed E-state index contributed by atoms with van der Waals surface area (Å²) >= 11 is 0. The molecule has 0 saturated heterocycles. The summed E-state index contributed by atoms with van der Waals surface area (Å²) in [5.41, 5.74) is 5.79. The zero-order valence-electron chi connectivity index (χ0n) is 11.9. The minimum absolute atomic E-state index is 0.790. The number of benzene rings is 2. The predicted octanol–water partition coefficient (Wildman–Crippen LogP) is 4.68. The monoisotopic (exact) mass is 264 g/mol. The van der Waals surface area contributed by atoms with Gasteiger partial charge in [-0.25, -0.2) is 0 Å². The molecule has 0 spiro atoms. The number of carbonyl (C=O) groups is 1. The summed E-state index contributed by atoms with van der Waals surface area (Å²) in [7, 11) is 0. The molecule has 0 aromatic heterocycles. The maximum absolute atomic E-state index is 11.1. The number of hydrogen-bond donors (Lipinski definition) is 0. The molecule has 0 amide bonds. The Balaban J connectivity index is 1.95. The van der Waals surface area contributed by atoms with Gasteiger partial charge in [0, 0.05) is 5.56 Å². The smallest absolute Gasteiger partial charge is 0.150 e. The summed E-state index contributed by atoms with van der Waals surface area (Å²) in [5.74, 6) is 0.840. The van der Waals surface area contributed by atoms with E-state index >= 15 is 0 Å². The second-order valence-corrected chi connectivity index (χ2v) is 5.78. The summed E-state index contributed by atoms with van der Waals surface area (Å²) in [5, 5.41) is 0. The van der Waals surface area contributed by atoms with Crippen molar-refractivity contribution in [1.82, 2.24) is 0 Å². The predicted molar refractivity (Wildman–Crippen MR) is 83.1 cm³/mol. The van der Waals surface area contributed by atoms with E-state index in [1.807, 2.05) is 12.1 Å². The lowest BCUT2D eigenvalue weighted by Crippen LogP contribution is -1.92. The summed E-state index contributed by atoms with van der Waals surface area (Å²) in [6.45, 7) is 2.16. The van der Waals surface area contributed by atoms with Gasteiger partial charge in [-0.3, -0.25) is 4.79 Å². The molecule has 0 bridgehead atoms. The van der Waals surface area contributed by atoms with Gasteiger partial charge in [0.15, 0.2) is 0 Å². The van der Waals surface area contributed by atoms with Gasteiger partial charge in [-0.1, -0.05) is 37.3 Å². The number of aldehydes is 1. The fraction of sp³-hybridized carbons (Fsp3) is 0.316. The summed E-state index contributed by atoms with van der Waals surface area (Å²) in [4.78, 5) is 11.1. The number of rotatable bonds is 5. The molecule has 1 heteroatoms. The fourth-order valence-electron chi connectivity index (χ4n) is 2.66. The molecule has 2 aromatic carbocycles. The lowest BCUT2D eigenvalue weighted by Gasteiger charge is -2.08. The Morgan fingerprint density at radius 1 is 1.00 bits per heavy atom. The van der Waals surface area contributed by atoms with Crippen LogP contribution < -0.4 is 0 Å². The molecule has 1 fully saturated rings. The van der Waals surface area contributed by atoms with Crippen molar-refractivity contribution in [2.75, 3.05) is 0 Å². The van der Waals surface area contributed by atoms with Gasteiger partial charge in [-0.05, 0) is 66.0 Å². The summed E-state index contributed by atoms with van der Waals surface area (Å²) < 4.78 is 0. The van der Waals surface area contributed by atoms with Crippen LogP contribution in [0.4, 0.5) is 0 Å². The molecule has 0 atom stereocenters. The van der Waals surface area contributed by atoms with Crippen molar-refractivity contribution in [2.24, 2.45) is 5.92 Å². The first-order valence-corrected chi connectivity index (χ1v) is 7.47.